The highest BCUT2D eigenvalue weighted by Crippen LogP contribution is 2.33. The van der Waals surface area contributed by atoms with E-state index in [1.165, 1.54) is 0 Å². The van der Waals surface area contributed by atoms with Gasteiger partial charge in [0.2, 0.25) is 6.41 Å². The molecule has 0 bridgehead atoms. The summed E-state index contributed by atoms with van der Waals surface area (Å²) in [6.45, 7) is 1.87. The largest absolute Gasteiger partial charge is 0.481 e. The van der Waals surface area contributed by atoms with Crippen molar-refractivity contribution in [2.45, 2.75) is 19.8 Å². The van der Waals surface area contributed by atoms with Crippen LogP contribution in [-0.4, -0.2) is 17.5 Å². The number of benzene rings is 1. The highest BCUT2D eigenvalue weighted by Gasteiger charge is 2.21. The van der Waals surface area contributed by atoms with Gasteiger partial charge in [0.1, 0.15) is 0 Å². The van der Waals surface area contributed by atoms with E-state index in [0.29, 0.717) is 19.3 Å². The van der Waals surface area contributed by atoms with Crippen LogP contribution in [0.5, 0.6) is 0 Å². The lowest BCUT2D eigenvalue weighted by atomic mass is 9.97. The SMILES string of the molecule is CCC(Cc1c(I)cc(I)c(NC=O)c1I)C(=O)O. The Bertz CT molecular complexity index is 505. The van der Waals surface area contributed by atoms with Gasteiger partial charge in [0.25, 0.3) is 0 Å². The molecule has 0 aliphatic heterocycles. The molecule has 0 aliphatic carbocycles. The zero-order valence-corrected chi connectivity index (χ0v) is 16.5. The molecule has 1 atom stereocenters. The minimum atomic E-state index is -0.780. The number of nitrogens with one attached hydrogen (secondary N) is 1. The number of carboxylic acids is 1. The quantitative estimate of drug-likeness (QED) is 0.388. The first-order valence-electron chi connectivity index (χ1n) is 5.51. The number of aliphatic carboxylic acids is 1. The normalized spacial score (nSPS) is 12.0. The van der Waals surface area contributed by atoms with Crippen molar-refractivity contribution in [1.82, 2.24) is 0 Å². The standard InChI is InChI=1S/C12H12I3NO3/c1-2-6(12(18)19)3-7-8(13)4-9(14)11(10(7)15)16-5-17/h4-6H,2-3H2,1H3,(H,16,17)(H,18,19). The van der Waals surface area contributed by atoms with E-state index in [1.54, 1.807) is 0 Å². The molecule has 7 heteroatoms. The minimum Gasteiger partial charge on any atom is -0.481 e. The molecule has 1 aromatic rings. The van der Waals surface area contributed by atoms with Crippen LogP contribution < -0.4 is 5.32 Å². The topological polar surface area (TPSA) is 66.4 Å². The lowest BCUT2D eigenvalue weighted by molar-refractivity contribution is -0.141. The van der Waals surface area contributed by atoms with E-state index in [1.807, 2.05) is 13.0 Å². The first kappa shape index (κ1) is 17.4. The maximum absolute atomic E-state index is 11.2. The Morgan fingerprint density at radius 1 is 1.42 bits per heavy atom. The molecular weight excluding hydrogens is 587 g/mol. The van der Waals surface area contributed by atoms with Gasteiger partial charge < -0.3 is 10.4 Å². The number of anilines is 1. The van der Waals surface area contributed by atoms with Gasteiger partial charge in [-0.05, 0) is 92.2 Å². The Kier molecular flexibility index (Phi) is 7.29. The Hall–Kier alpha value is 0.350. The van der Waals surface area contributed by atoms with Crippen LogP contribution in [0.25, 0.3) is 0 Å². The van der Waals surface area contributed by atoms with Crippen LogP contribution in [0.1, 0.15) is 18.9 Å². The molecule has 1 unspecified atom stereocenters. The molecule has 19 heavy (non-hydrogen) atoms. The summed E-state index contributed by atoms with van der Waals surface area (Å²) in [6.07, 6.45) is 1.71. The number of amides is 1. The first-order chi connectivity index (χ1) is 8.92. The number of hydrogen-bond acceptors (Lipinski definition) is 2. The molecule has 0 radical (unpaired) electrons. The molecule has 0 saturated heterocycles. The molecule has 0 spiro atoms. The molecule has 1 rings (SSSR count). The molecule has 0 saturated carbocycles. The van der Waals surface area contributed by atoms with Crippen LogP contribution in [0.15, 0.2) is 6.07 Å². The smallest absolute Gasteiger partial charge is 0.306 e. The fraction of sp³-hybridized carbons (Fsp3) is 0.333. The van der Waals surface area contributed by atoms with Gasteiger partial charge >= 0.3 is 5.97 Å². The van der Waals surface area contributed by atoms with E-state index < -0.39 is 11.9 Å². The number of carboxylic acid groups (broad SMARTS) is 1. The highest BCUT2D eigenvalue weighted by molar-refractivity contribution is 14.1. The van der Waals surface area contributed by atoms with E-state index in [-0.39, 0.29) is 0 Å². The molecule has 0 aliphatic rings. The predicted molar refractivity (Wildman–Crippen MR) is 99.4 cm³/mol. The van der Waals surface area contributed by atoms with Crippen LogP contribution in [-0.2, 0) is 16.0 Å². The Labute approximate surface area is 152 Å². The van der Waals surface area contributed by atoms with Crippen molar-refractivity contribution < 1.29 is 14.7 Å². The fourth-order valence-corrected chi connectivity index (χ4v) is 5.79. The monoisotopic (exact) mass is 599 g/mol. The zero-order chi connectivity index (χ0) is 14.6. The average Bonchev–Trinajstić information content (AvgIpc) is 2.34. The summed E-state index contributed by atoms with van der Waals surface area (Å²) in [5.41, 5.74) is 1.74. The van der Waals surface area contributed by atoms with E-state index in [9.17, 15) is 9.59 Å². The number of rotatable bonds is 6. The van der Waals surface area contributed by atoms with Gasteiger partial charge in [0, 0.05) is 10.7 Å². The van der Waals surface area contributed by atoms with Gasteiger partial charge in [-0.15, -0.1) is 0 Å². The number of carbonyl (C=O) groups is 2. The Morgan fingerprint density at radius 2 is 2.05 bits per heavy atom. The lowest BCUT2D eigenvalue weighted by Crippen LogP contribution is -2.17. The summed E-state index contributed by atoms with van der Waals surface area (Å²) >= 11 is 6.54. The second kappa shape index (κ2) is 7.96. The third kappa shape index (κ3) is 4.41. The maximum atomic E-state index is 11.2. The number of hydrogen-bond donors (Lipinski definition) is 2. The molecule has 104 valence electrons. The van der Waals surface area contributed by atoms with Crippen molar-refractivity contribution in [2.24, 2.45) is 5.92 Å². The Balaban J connectivity index is 3.23. The van der Waals surface area contributed by atoms with Crippen LogP contribution >= 0.6 is 67.8 Å². The van der Waals surface area contributed by atoms with Gasteiger partial charge in [-0.1, -0.05) is 6.92 Å². The summed E-state index contributed by atoms with van der Waals surface area (Å²) in [6, 6.07) is 1.96. The maximum Gasteiger partial charge on any atom is 0.306 e. The Morgan fingerprint density at radius 3 is 2.53 bits per heavy atom. The molecule has 1 aromatic carbocycles. The van der Waals surface area contributed by atoms with Crippen molar-refractivity contribution in [3.63, 3.8) is 0 Å². The van der Waals surface area contributed by atoms with E-state index in [4.69, 9.17) is 5.11 Å². The average molecular weight is 599 g/mol. The zero-order valence-electron chi connectivity index (χ0n) is 10.0. The predicted octanol–water partition coefficient (Wildman–Crippen LogP) is 3.72. The van der Waals surface area contributed by atoms with Gasteiger partial charge in [-0.3, -0.25) is 9.59 Å². The third-order valence-electron chi connectivity index (χ3n) is 2.76. The molecule has 0 aromatic heterocycles. The summed E-state index contributed by atoms with van der Waals surface area (Å²) in [4.78, 5) is 21.8. The van der Waals surface area contributed by atoms with Gasteiger partial charge in [0.05, 0.1) is 11.6 Å². The van der Waals surface area contributed by atoms with Gasteiger partial charge in [-0.25, -0.2) is 0 Å². The van der Waals surface area contributed by atoms with E-state index in [0.717, 1.165) is 22.0 Å². The van der Waals surface area contributed by atoms with Crippen molar-refractivity contribution in [2.75, 3.05) is 5.32 Å². The summed E-state index contributed by atoms with van der Waals surface area (Å²) in [7, 11) is 0. The summed E-state index contributed by atoms with van der Waals surface area (Å²) < 4.78 is 2.90. The fourth-order valence-electron chi connectivity index (χ4n) is 1.66. The van der Waals surface area contributed by atoms with Crippen LogP contribution in [0, 0.1) is 16.6 Å². The highest BCUT2D eigenvalue weighted by atomic mass is 127. The molecule has 1 amide bonds. The van der Waals surface area contributed by atoms with Gasteiger partial charge in [-0.2, -0.15) is 0 Å². The second-order valence-electron chi connectivity index (χ2n) is 3.92. The van der Waals surface area contributed by atoms with Crippen molar-refractivity contribution >= 4 is 85.8 Å². The third-order valence-corrected chi connectivity index (χ3v) is 5.76. The first-order valence-corrected chi connectivity index (χ1v) is 8.75. The molecule has 4 nitrogen and oxygen atoms in total. The van der Waals surface area contributed by atoms with E-state index in [2.05, 4.69) is 73.1 Å². The molecule has 0 heterocycles. The minimum absolute atomic E-state index is 0.397. The van der Waals surface area contributed by atoms with Crippen LogP contribution in [0.3, 0.4) is 0 Å². The van der Waals surface area contributed by atoms with Gasteiger partial charge in [0.15, 0.2) is 0 Å². The number of halogens is 3. The number of carbonyl (C=O) groups excluding carboxylic acids is 1. The molecule has 2 N–H and O–H groups in total. The molecular formula is C12H12I3NO3. The van der Waals surface area contributed by atoms with Crippen molar-refractivity contribution in [1.29, 1.82) is 0 Å². The van der Waals surface area contributed by atoms with Crippen molar-refractivity contribution in [3.05, 3.63) is 22.3 Å². The lowest BCUT2D eigenvalue weighted by Gasteiger charge is -2.16. The summed E-state index contributed by atoms with van der Waals surface area (Å²) in [5, 5.41) is 11.9. The van der Waals surface area contributed by atoms with Crippen LogP contribution in [0.2, 0.25) is 0 Å². The van der Waals surface area contributed by atoms with E-state index >= 15 is 0 Å². The molecule has 0 fully saturated rings. The summed E-state index contributed by atoms with van der Waals surface area (Å²) in [5.74, 6) is -1.18. The van der Waals surface area contributed by atoms with Crippen molar-refractivity contribution in [3.8, 4) is 0 Å². The van der Waals surface area contributed by atoms with Crippen LogP contribution in [0.4, 0.5) is 5.69 Å². The second-order valence-corrected chi connectivity index (χ2v) is 7.32.